The summed E-state index contributed by atoms with van der Waals surface area (Å²) in [5, 5.41) is -5.00. The highest BCUT2D eigenvalue weighted by Gasteiger charge is 2.66. The molecule has 0 radical (unpaired) electrons. The first-order valence-electron chi connectivity index (χ1n) is 14.2. The van der Waals surface area contributed by atoms with Gasteiger partial charge in [0.05, 0.1) is 6.61 Å². The first-order valence-corrected chi connectivity index (χ1v) is 15.6. The fourth-order valence-electron chi connectivity index (χ4n) is 8.61. The molecular formula is C28H39F3O8S. The van der Waals surface area contributed by atoms with Crippen LogP contribution in [0, 0.1) is 46.3 Å². The van der Waals surface area contributed by atoms with Crippen molar-refractivity contribution in [2.24, 2.45) is 46.3 Å². The second-order valence-corrected chi connectivity index (χ2v) is 14.5. The van der Waals surface area contributed by atoms with E-state index in [4.69, 9.17) is 9.29 Å². The molecule has 4 aliphatic carbocycles. The van der Waals surface area contributed by atoms with Gasteiger partial charge in [0.1, 0.15) is 17.3 Å². The Kier molecular flexibility index (Phi) is 8.39. The van der Waals surface area contributed by atoms with E-state index in [0.29, 0.717) is 38.5 Å². The van der Waals surface area contributed by atoms with Gasteiger partial charge in [-0.3, -0.25) is 23.7 Å². The fraction of sp³-hybridized carbons (Fsp3) is 0.857. The Bertz CT molecular complexity index is 1170. The molecule has 4 aliphatic rings. The molecule has 1 unspecified atom stereocenters. The van der Waals surface area contributed by atoms with E-state index in [0.717, 1.165) is 12.8 Å². The van der Waals surface area contributed by atoms with Gasteiger partial charge in [0.15, 0.2) is 6.17 Å². The number of rotatable bonds is 9. The predicted molar refractivity (Wildman–Crippen MR) is 136 cm³/mol. The first kappa shape index (κ1) is 31.1. The number of halogens is 3. The van der Waals surface area contributed by atoms with E-state index in [-0.39, 0.29) is 64.7 Å². The van der Waals surface area contributed by atoms with Gasteiger partial charge in [-0.05, 0) is 60.7 Å². The molecule has 0 bridgehead atoms. The Morgan fingerprint density at radius 3 is 2.42 bits per heavy atom. The van der Waals surface area contributed by atoms with Gasteiger partial charge in [0, 0.05) is 49.9 Å². The summed E-state index contributed by atoms with van der Waals surface area (Å²) in [6.07, 6.45) is -0.339. The van der Waals surface area contributed by atoms with Crippen LogP contribution in [-0.4, -0.2) is 54.3 Å². The van der Waals surface area contributed by atoms with Crippen LogP contribution < -0.4 is 0 Å². The summed E-state index contributed by atoms with van der Waals surface area (Å²) in [6.45, 7) is 5.26. The van der Waals surface area contributed by atoms with Crippen molar-refractivity contribution < 1.29 is 50.1 Å². The summed E-state index contributed by atoms with van der Waals surface area (Å²) < 4.78 is 74.8. The monoisotopic (exact) mass is 592 g/mol. The van der Waals surface area contributed by atoms with Crippen LogP contribution in [0.4, 0.5) is 13.2 Å². The molecule has 8 nitrogen and oxygen atoms in total. The Hall–Kier alpha value is -1.82. The lowest BCUT2D eigenvalue weighted by molar-refractivity contribution is -0.166. The molecule has 4 rings (SSSR count). The van der Waals surface area contributed by atoms with Crippen molar-refractivity contribution in [1.29, 1.82) is 0 Å². The Morgan fingerprint density at radius 2 is 1.77 bits per heavy atom. The molecule has 0 aromatic carbocycles. The summed E-state index contributed by atoms with van der Waals surface area (Å²) >= 11 is 0. The van der Waals surface area contributed by atoms with Crippen LogP contribution in [0.15, 0.2) is 0 Å². The quantitative estimate of drug-likeness (QED) is 0.300. The molecule has 40 heavy (non-hydrogen) atoms. The van der Waals surface area contributed by atoms with Crippen molar-refractivity contribution in [3.63, 3.8) is 0 Å². The number of carbonyl (C=O) groups is 4. The van der Waals surface area contributed by atoms with Crippen LogP contribution in [0.25, 0.3) is 0 Å². The van der Waals surface area contributed by atoms with Crippen molar-refractivity contribution in [2.75, 3.05) is 6.61 Å². The van der Waals surface area contributed by atoms with E-state index in [2.05, 4.69) is 6.92 Å². The van der Waals surface area contributed by atoms with Crippen molar-refractivity contribution in [2.45, 2.75) is 96.4 Å². The zero-order valence-corrected chi connectivity index (χ0v) is 24.0. The lowest BCUT2D eigenvalue weighted by atomic mass is 9.44. The minimum atomic E-state index is -5.94. The van der Waals surface area contributed by atoms with Gasteiger partial charge >= 0.3 is 21.3 Å². The van der Waals surface area contributed by atoms with Crippen LogP contribution in [0.5, 0.6) is 0 Å². The van der Waals surface area contributed by atoms with E-state index in [1.807, 2.05) is 13.8 Å². The molecule has 12 heteroatoms. The number of alkyl halides is 3. The average Bonchev–Trinajstić information content (AvgIpc) is 3.22. The fourth-order valence-corrected chi connectivity index (χ4v) is 9.06. The molecule has 0 spiro atoms. The third-order valence-corrected chi connectivity index (χ3v) is 12.0. The molecule has 9 atom stereocenters. The van der Waals surface area contributed by atoms with Crippen molar-refractivity contribution in [3.05, 3.63) is 0 Å². The summed E-state index contributed by atoms with van der Waals surface area (Å²) in [5.74, 6) is -0.802. The molecule has 0 aromatic rings. The number of hydrogen-bond acceptors (Lipinski definition) is 7. The predicted octanol–water partition coefficient (Wildman–Crippen LogP) is 4.74. The largest absolute Gasteiger partial charge is 0.466 e. The molecule has 1 N–H and O–H groups in total. The number of hydrogen-bond donors (Lipinski definition) is 1. The van der Waals surface area contributed by atoms with Gasteiger partial charge in [-0.2, -0.15) is 17.2 Å². The van der Waals surface area contributed by atoms with Gasteiger partial charge in [0.2, 0.25) is 0 Å². The smallest absolute Gasteiger partial charge is 0.400 e. The van der Waals surface area contributed by atoms with Crippen LogP contribution in [-0.2, 0) is 34.0 Å². The Balaban J connectivity index is 1.36. The molecule has 4 saturated carbocycles. The maximum absolute atomic E-state index is 13.8. The van der Waals surface area contributed by atoms with Crippen LogP contribution in [0.2, 0.25) is 0 Å². The van der Waals surface area contributed by atoms with Crippen LogP contribution >= 0.6 is 0 Å². The van der Waals surface area contributed by atoms with Gasteiger partial charge in [0.25, 0.3) is 0 Å². The molecule has 0 heterocycles. The third-order valence-electron chi connectivity index (χ3n) is 11.1. The minimum absolute atomic E-state index is 0.00580. The van der Waals surface area contributed by atoms with E-state index >= 15 is 0 Å². The molecule has 0 amide bonds. The SMILES string of the molecule is C[C@H](CCC(=O)OCCC(F)C(F)(F)S(=O)(=O)O)[C@H]1CC[C@H]2[C@@H]3C(=O)C[C@@H]4CC(=O)CC[C@]4(C)[C@H]3CC(=O)[C@]12C. The molecular weight excluding hydrogens is 553 g/mol. The van der Waals surface area contributed by atoms with Crippen LogP contribution in [0.3, 0.4) is 0 Å². The maximum Gasteiger partial charge on any atom is 0.400 e. The summed E-state index contributed by atoms with van der Waals surface area (Å²) in [6, 6.07) is 0. The van der Waals surface area contributed by atoms with E-state index in [9.17, 15) is 40.8 Å². The van der Waals surface area contributed by atoms with Gasteiger partial charge in [-0.15, -0.1) is 0 Å². The summed E-state index contributed by atoms with van der Waals surface area (Å²) in [4.78, 5) is 51.6. The highest BCUT2D eigenvalue weighted by atomic mass is 32.2. The topological polar surface area (TPSA) is 132 Å². The lowest BCUT2D eigenvalue weighted by Crippen LogP contribution is -2.60. The van der Waals surface area contributed by atoms with Crippen LogP contribution in [0.1, 0.15) is 85.0 Å². The molecule has 0 aliphatic heterocycles. The number of esters is 1. The van der Waals surface area contributed by atoms with Crippen molar-refractivity contribution in [3.8, 4) is 0 Å². The number of ketones is 3. The molecule has 0 aromatic heterocycles. The first-order chi connectivity index (χ1) is 18.4. The highest BCUT2D eigenvalue weighted by Crippen LogP contribution is 2.66. The second kappa shape index (κ2) is 10.8. The molecule has 226 valence electrons. The summed E-state index contributed by atoms with van der Waals surface area (Å²) in [7, 11) is -5.94. The van der Waals surface area contributed by atoms with E-state index in [1.165, 1.54) is 0 Å². The zero-order valence-electron chi connectivity index (χ0n) is 23.2. The number of fused-ring (bicyclic) bond motifs is 5. The van der Waals surface area contributed by atoms with E-state index in [1.54, 1.807) is 0 Å². The van der Waals surface area contributed by atoms with Crippen molar-refractivity contribution in [1.82, 2.24) is 0 Å². The van der Waals surface area contributed by atoms with Gasteiger partial charge in [-0.25, -0.2) is 4.39 Å². The Labute approximate surface area is 232 Å². The zero-order chi connectivity index (χ0) is 29.8. The molecule has 4 fully saturated rings. The molecule has 0 saturated heterocycles. The van der Waals surface area contributed by atoms with Crippen molar-refractivity contribution >= 4 is 33.4 Å². The number of carbonyl (C=O) groups excluding carboxylic acids is 4. The second-order valence-electron chi connectivity index (χ2n) is 13.0. The third kappa shape index (κ3) is 5.16. The highest BCUT2D eigenvalue weighted by molar-refractivity contribution is 7.86. The van der Waals surface area contributed by atoms with Gasteiger partial charge in [-0.1, -0.05) is 20.8 Å². The standard InChI is InChI=1S/C28H39F3O8S/c1-15(4-7-24(35)39-11-9-22(29)28(30,31)40(36,37)38)18-5-6-19-25-20(14-23(34)27(18,19)3)26(2)10-8-17(32)12-16(26)13-21(25)33/h15-16,18-20,22,25H,4-14H2,1-3H3,(H,36,37,38)/t15-,16+,18-,19+,20+,22?,25+,26+,27-/m1/s1. The van der Waals surface area contributed by atoms with Gasteiger partial charge < -0.3 is 4.74 Å². The minimum Gasteiger partial charge on any atom is -0.466 e. The lowest BCUT2D eigenvalue weighted by Gasteiger charge is -2.58. The number of Topliss-reactive ketones (excluding diaryl/α,β-unsaturated/α-hetero) is 3. The maximum atomic E-state index is 13.8. The summed E-state index contributed by atoms with van der Waals surface area (Å²) in [5.41, 5.74) is -0.919. The number of ether oxygens (including phenoxy) is 1. The van der Waals surface area contributed by atoms with E-state index < -0.39 is 46.0 Å². The normalized spacial score (nSPS) is 37.8. The average molecular weight is 593 g/mol. The Morgan fingerprint density at radius 1 is 1.10 bits per heavy atom.